The topological polar surface area (TPSA) is 24.9 Å². The minimum atomic E-state index is -0.324. The highest BCUT2D eigenvalue weighted by Crippen LogP contribution is 2.32. The predicted molar refractivity (Wildman–Crippen MR) is 74.9 cm³/mol. The van der Waals surface area contributed by atoms with Gasteiger partial charge >= 0.3 is 0 Å². The van der Waals surface area contributed by atoms with E-state index in [2.05, 4.69) is 16.4 Å². The minimum Gasteiger partial charge on any atom is -0.374 e. The van der Waals surface area contributed by atoms with E-state index in [1.807, 2.05) is 6.07 Å². The summed E-state index contributed by atoms with van der Waals surface area (Å²) in [5.41, 5.74) is 2.76. The highest BCUT2D eigenvalue weighted by molar-refractivity contribution is 6.30. The van der Waals surface area contributed by atoms with Gasteiger partial charge in [-0.3, -0.25) is 4.98 Å². The van der Waals surface area contributed by atoms with Crippen molar-refractivity contribution in [2.45, 2.75) is 25.3 Å². The number of aryl methyl sites for hydroxylation is 1. The number of fused-ring (bicyclic) bond motifs is 1. The van der Waals surface area contributed by atoms with E-state index < -0.39 is 0 Å². The normalized spacial score (nSPS) is 17.9. The molecule has 98 valence electrons. The highest BCUT2D eigenvalue weighted by atomic mass is 35.5. The molecule has 0 radical (unpaired) electrons. The van der Waals surface area contributed by atoms with Crippen molar-refractivity contribution in [2.24, 2.45) is 0 Å². The molecule has 1 unspecified atom stereocenters. The first kappa shape index (κ1) is 12.4. The van der Waals surface area contributed by atoms with Gasteiger partial charge in [0.05, 0.1) is 17.4 Å². The lowest BCUT2D eigenvalue weighted by molar-refractivity contribution is 0.573. The van der Waals surface area contributed by atoms with Crippen LogP contribution in [0.1, 0.15) is 30.1 Å². The first-order valence-corrected chi connectivity index (χ1v) is 6.77. The predicted octanol–water partition coefficient (Wildman–Crippen LogP) is 4.36. The number of nitrogens with zero attached hydrogens (tertiary/aromatic N) is 1. The number of aromatic nitrogens is 1. The smallest absolute Gasteiger partial charge is 0.147 e. The molecule has 4 heteroatoms. The third-order valence-electron chi connectivity index (χ3n) is 3.46. The Hall–Kier alpha value is -1.61. The quantitative estimate of drug-likeness (QED) is 0.881. The van der Waals surface area contributed by atoms with Crippen molar-refractivity contribution in [1.82, 2.24) is 4.98 Å². The molecule has 1 aromatic heterocycles. The van der Waals surface area contributed by atoms with Crippen molar-refractivity contribution in [2.75, 3.05) is 5.32 Å². The van der Waals surface area contributed by atoms with Crippen LogP contribution >= 0.6 is 11.6 Å². The standard InChI is InChI=1S/C15H14ClFN2/c16-11-6-7-13(12(17)9-11)19-14-5-1-3-10-4-2-8-18-15(10)14/h2,4,6-9,14,19H,1,3,5H2. The number of pyridine rings is 1. The molecule has 1 aliphatic carbocycles. The summed E-state index contributed by atoms with van der Waals surface area (Å²) in [4.78, 5) is 4.43. The summed E-state index contributed by atoms with van der Waals surface area (Å²) in [7, 11) is 0. The second-order valence-corrected chi connectivity index (χ2v) is 5.20. The molecule has 1 atom stereocenters. The first-order chi connectivity index (χ1) is 9.24. The monoisotopic (exact) mass is 276 g/mol. The zero-order chi connectivity index (χ0) is 13.2. The van der Waals surface area contributed by atoms with Crippen LogP contribution in [0, 0.1) is 5.82 Å². The molecule has 1 N–H and O–H groups in total. The molecule has 1 aromatic carbocycles. The number of rotatable bonds is 2. The van der Waals surface area contributed by atoms with Crippen LogP contribution in [0.2, 0.25) is 5.02 Å². The zero-order valence-electron chi connectivity index (χ0n) is 10.4. The zero-order valence-corrected chi connectivity index (χ0v) is 11.1. The van der Waals surface area contributed by atoms with Gasteiger partial charge in [0.1, 0.15) is 5.82 Å². The Balaban J connectivity index is 1.88. The Morgan fingerprint density at radius 1 is 1.32 bits per heavy atom. The van der Waals surface area contributed by atoms with Gasteiger partial charge in [-0.2, -0.15) is 0 Å². The molecule has 1 heterocycles. The molecule has 0 amide bonds. The Morgan fingerprint density at radius 2 is 2.21 bits per heavy atom. The van der Waals surface area contributed by atoms with Crippen LogP contribution in [0.3, 0.4) is 0 Å². The Kier molecular flexibility index (Phi) is 3.38. The summed E-state index contributed by atoms with van der Waals surface area (Å²) < 4.78 is 13.8. The molecule has 0 aliphatic heterocycles. The molecule has 0 saturated carbocycles. The molecule has 0 spiro atoms. The molecule has 19 heavy (non-hydrogen) atoms. The average Bonchev–Trinajstić information content (AvgIpc) is 2.42. The second kappa shape index (κ2) is 5.17. The first-order valence-electron chi connectivity index (χ1n) is 6.39. The van der Waals surface area contributed by atoms with Crippen LogP contribution in [0.25, 0.3) is 0 Å². The maximum atomic E-state index is 13.8. The molecule has 2 aromatic rings. The summed E-state index contributed by atoms with van der Waals surface area (Å²) in [6.45, 7) is 0. The van der Waals surface area contributed by atoms with Crippen molar-refractivity contribution >= 4 is 17.3 Å². The lowest BCUT2D eigenvalue weighted by Crippen LogP contribution is -2.19. The van der Waals surface area contributed by atoms with Crippen molar-refractivity contribution in [3.05, 3.63) is 58.6 Å². The van der Waals surface area contributed by atoms with E-state index in [0.717, 1.165) is 25.0 Å². The fourth-order valence-electron chi connectivity index (χ4n) is 2.54. The second-order valence-electron chi connectivity index (χ2n) is 4.76. The summed E-state index contributed by atoms with van der Waals surface area (Å²) in [6.07, 6.45) is 4.89. The lowest BCUT2D eigenvalue weighted by atomic mass is 9.92. The third kappa shape index (κ3) is 2.56. The molecule has 0 bridgehead atoms. The SMILES string of the molecule is Fc1cc(Cl)ccc1NC1CCCc2cccnc21. The van der Waals surface area contributed by atoms with E-state index in [0.29, 0.717) is 10.7 Å². The van der Waals surface area contributed by atoms with Gasteiger partial charge in [0.2, 0.25) is 0 Å². The Morgan fingerprint density at radius 3 is 3.05 bits per heavy atom. The van der Waals surface area contributed by atoms with Crippen LogP contribution in [0.4, 0.5) is 10.1 Å². The molecular weight excluding hydrogens is 263 g/mol. The molecule has 1 aliphatic rings. The van der Waals surface area contributed by atoms with Crippen LogP contribution < -0.4 is 5.32 Å². The number of anilines is 1. The summed E-state index contributed by atoms with van der Waals surface area (Å²) in [5.74, 6) is -0.324. The van der Waals surface area contributed by atoms with E-state index in [1.54, 1.807) is 18.3 Å². The van der Waals surface area contributed by atoms with Crippen LogP contribution in [-0.4, -0.2) is 4.98 Å². The molecule has 0 saturated heterocycles. The Bertz CT molecular complexity index is 600. The minimum absolute atomic E-state index is 0.0700. The number of benzene rings is 1. The number of nitrogens with one attached hydrogen (secondary N) is 1. The Labute approximate surface area is 116 Å². The van der Waals surface area contributed by atoms with Gasteiger partial charge in [-0.05, 0) is 49.1 Å². The molecular formula is C15H14ClFN2. The number of hydrogen-bond donors (Lipinski definition) is 1. The number of hydrogen-bond acceptors (Lipinski definition) is 2. The molecule has 0 fully saturated rings. The van der Waals surface area contributed by atoms with Gasteiger partial charge in [-0.25, -0.2) is 4.39 Å². The maximum Gasteiger partial charge on any atom is 0.147 e. The lowest BCUT2D eigenvalue weighted by Gasteiger charge is -2.26. The summed E-state index contributed by atoms with van der Waals surface area (Å²) in [5, 5.41) is 3.64. The fourth-order valence-corrected chi connectivity index (χ4v) is 2.70. The van der Waals surface area contributed by atoms with Gasteiger partial charge in [0.15, 0.2) is 0 Å². The van der Waals surface area contributed by atoms with E-state index in [9.17, 15) is 4.39 Å². The molecule has 3 rings (SSSR count). The van der Waals surface area contributed by atoms with Crippen LogP contribution in [0.5, 0.6) is 0 Å². The van der Waals surface area contributed by atoms with Crippen molar-refractivity contribution in [3.63, 3.8) is 0 Å². The third-order valence-corrected chi connectivity index (χ3v) is 3.69. The van der Waals surface area contributed by atoms with Gasteiger partial charge in [-0.1, -0.05) is 17.7 Å². The van der Waals surface area contributed by atoms with Gasteiger partial charge in [0, 0.05) is 11.2 Å². The van der Waals surface area contributed by atoms with Crippen molar-refractivity contribution in [3.8, 4) is 0 Å². The average molecular weight is 277 g/mol. The van der Waals surface area contributed by atoms with Crippen LogP contribution in [-0.2, 0) is 6.42 Å². The number of halogens is 2. The van der Waals surface area contributed by atoms with E-state index in [4.69, 9.17) is 11.6 Å². The molecule has 2 nitrogen and oxygen atoms in total. The summed E-state index contributed by atoms with van der Waals surface area (Å²) >= 11 is 5.76. The summed E-state index contributed by atoms with van der Waals surface area (Å²) in [6, 6.07) is 8.80. The van der Waals surface area contributed by atoms with Crippen LogP contribution in [0.15, 0.2) is 36.5 Å². The van der Waals surface area contributed by atoms with Gasteiger partial charge < -0.3 is 5.32 Å². The highest BCUT2D eigenvalue weighted by Gasteiger charge is 2.21. The van der Waals surface area contributed by atoms with E-state index in [1.165, 1.54) is 11.6 Å². The fraction of sp³-hybridized carbons (Fsp3) is 0.267. The van der Waals surface area contributed by atoms with Crippen molar-refractivity contribution < 1.29 is 4.39 Å². The van der Waals surface area contributed by atoms with E-state index in [-0.39, 0.29) is 11.9 Å². The largest absolute Gasteiger partial charge is 0.374 e. The maximum absolute atomic E-state index is 13.8. The van der Waals surface area contributed by atoms with E-state index >= 15 is 0 Å². The van der Waals surface area contributed by atoms with Crippen molar-refractivity contribution in [1.29, 1.82) is 0 Å². The van der Waals surface area contributed by atoms with Gasteiger partial charge in [-0.15, -0.1) is 0 Å². The van der Waals surface area contributed by atoms with Gasteiger partial charge in [0.25, 0.3) is 0 Å².